The van der Waals surface area contributed by atoms with Gasteiger partial charge in [0.05, 0.1) is 0 Å². The van der Waals surface area contributed by atoms with E-state index in [1.165, 1.54) is 18.2 Å². The maximum absolute atomic E-state index is 12.9. The first-order valence-electron chi connectivity index (χ1n) is 6.26. The Labute approximate surface area is 122 Å². The molecule has 1 nitrogen and oxygen atoms in total. The van der Waals surface area contributed by atoms with E-state index in [0.29, 0.717) is 0 Å². The van der Waals surface area contributed by atoms with Crippen LogP contribution >= 0.6 is 11.8 Å². The average molecular weight is 286 g/mol. The van der Waals surface area contributed by atoms with Crippen molar-refractivity contribution in [1.82, 2.24) is 0 Å². The van der Waals surface area contributed by atoms with Crippen LogP contribution in [0.1, 0.15) is 16.7 Å². The minimum absolute atomic E-state index is 0.225. The van der Waals surface area contributed by atoms with Gasteiger partial charge in [-0.15, -0.1) is 0 Å². The molecule has 0 aromatic heterocycles. The molecular formula is C17H15FOS. The van der Waals surface area contributed by atoms with Crippen molar-refractivity contribution < 1.29 is 9.18 Å². The van der Waals surface area contributed by atoms with E-state index in [-0.39, 0.29) is 5.82 Å². The highest BCUT2D eigenvalue weighted by Crippen LogP contribution is 2.32. The highest BCUT2D eigenvalue weighted by Gasteiger charge is 2.05. The van der Waals surface area contributed by atoms with Crippen LogP contribution < -0.4 is 0 Å². The molecule has 0 saturated carbocycles. The van der Waals surface area contributed by atoms with Crippen molar-refractivity contribution in [3.05, 3.63) is 65.0 Å². The fourth-order valence-corrected chi connectivity index (χ4v) is 2.86. The molecule has 0 aliphatic carbocycles. The molecule has 0 aliphatic rings. The minimum Gasteiger partial charge on any atom is -0.299 e. The topological polar surface area (TPSA) is 17.1 Å². The Hall–Kier alpha value is -1.87. The second kappa shape index (κ2) is 6.53. The number of carbonyl (C=O) groups is 1. The summed E-state index contributed by atoms with van der Waals surface area (Å²) in [4.78, 5) is 12.5. The van der Waals surface area contributed by atoms with Crippen LogP contribution in [0.2, 0.25) is 0 Å². The van der Waals surface area contributed by atoms with Gasteiger partial charge in [-0.1, -0.05) is 23.9 Å². The Bertz CT molecular complexity index is 645. The number of carbonyl (C=O) groups excluding carboxylic acids is 1. The molecule has 0 aliphatic heterocycles. The largest absolute Gasteiger partial charge is 0.299 e. The van der Waals surface area contributed by atoms with Crippen molar-refractivity contribution >= 4 is 24.1 Å². The molecule has 102 valence electrons. The molecule has 2 aromatic rings. The van der Waals surface area contributed by atoms with Gasteiger partial charge >= 0.3 is 0 Å². The molecule has 0 fully saturated rings. The lowest BCUT2D eigenvalue weighted by molar-refractivity contribution is -0.104. The van der Waals surface area contributed by atoms with Crippen LogP contribution in [0.5, 0.6) is 0 Å². The zero-order chi connectivity index (χ0) is 14.5. The monoisotopic (exact) mass is 286 g/mol. The second-order valence-electron chi connectivity index (χ2n) is 4.53. The van der Waals surface area contributed by atoms with Gasteiger partial charge in [0.2, 0.25) is 0 Å². The molecule has 0 atom stereocenters. The van der Waals surface area contributed by atoms with E-state index in [0.717, 1.165) is 32.8 Å². The molecule has 3 heteroatoms. The lowest BCUT2D eigenvalue weighted by Crippen LogP contribution is -1.87. The lowest BCUT2D eigenvalue weighted by Gasteiger charge is -2.09. The fourth-order valence-electron chi connectivity index (χ4n) is 1.87. The number of halogens is 1. The summed E-state index contributed by atoms with van der Waals surface area (Å²) in [5.74, 6) is -0.225. The van der Waals surface area contributed by atoms with Crippen molar-refractivity contribution in [3.63, 3.8) is 0 Å². The first kappa shape index (κ1) is 14.5. The van der Waals surface area contributed by atoms with E-state index >= 15 is 0 Å². The van der Waals surface area contributed by atoms with Crippen molar-refractivity contribution in [3.8, 4) is 0 Å². The predicted molar refractivity (Wildman–Crippen MR) is 81.5 cm³/mol. The van der Waals surface area contributed by atoms with Crippen molar-refractivity contribution in [2.45, 2.75) is 23.6 Å². The summed E-state index contributed by atoms with van der Waals surface area (Å²) >= 11 is 1.61. The Morgan fingerprint density at radius 1 is 1.05 bits per heavy atom. The summed E-state index contributed by atoms with van der Waals surface area (Å²) < 4.78 is 12.9. The van der Waals surface area contributed by atoms with Crippen LogP contribution in [0.3, 0.4) is 0 Å². The van der Waals surface area contributed by atoms with Gasteiger partial charge in [-0.3, -0.25) is 4.79 Å². The summed E-state index contributed by atoms with van der Waals surface area (Å²) in [5.41, 5.74) is 3.28. The SMILES string of the molecule is Cc1cc(Sc2ccc(F)cc2)c(C)cc1/C=C/C=O. The minimum atomic E-state index is -0.225. The highest BCUT2D eigenvalue weighted by atomic mass is 32.2. The van der Waals surface area contributed by atoms with Crippen LogP contribution in [0.4, 0.5) is 4.39 Å². The third kappa shape index (κ3) is 3.58. The van der Waals surface area contributed by atoms with Crippen LogP contribution in [0.15, 0.2) is 52.3 Å². The number of rotatable bonds is 4. The van der Waals surface area contributed by atoms with Crippen molar-refractivity contribution in [2.75, 3.05) is 0 Å². The zero-order valence-electron chi connectivity index (χ0n) is 11.4. The predicted octanol–water partition coefficient (Wildman–Crippen LogP) is 4.81. The van der Waals surface area contributed by atoms with Gasteiger partial charge in [-0.2, -0.15) is 0 Å². The van der Waals surface area contributed by atoms with Gasteiger partial charge in [-0.25, -0.2) is 4.39 Å². The van der Waals surface area contributed by atoms with Crippen LogP contribution in [0, 0.1) is 19.7 Å². The normalized spacial score (nSPS) is 10.9. The quantitative estimate of drug-likeness (QED) is 0.593. The van der Waals surface area contributed by atoms with E-state index < -0.39 is 0 Å². The Morgan fingerprint density at radius 3 is 2.40 bits per heavy atom. The molecule has 2 aromatic carbocycles. The third-order valence-electron chi connectivity index (χ3n) is 2.96. The summed E-state index contributed by atoms with van der Waals surface area (Å²) in [7, 11) is 0. The molecule has 0 saturated heterocycles. The third-order valence-corrected chi connectivity index (χ3v) is 4.13. The standard InChI is InChI=1S/C17H15FOS/c1-12-11-17(13(2)10-14(12)4-3-9-19)20-16-7-5-15(18)6-8-16/h3-11H,1-2H3/b4-3+. The number of aldehydes is 1. The van der Waals surface area contributed by atoms with E-state index in [1.54, 1.807) is 23.9 Å². The van der Waals surface area contributed by atoms with E-state index in [9.17, 15) is 9.18 Å². The van der Waals surface area contributed by atoms with Gasteiger partial charge in [0, 0.05) is 9.79 Å². The summed E-state index contributed by atoms with van der Waals surface area (Å²) in [6, 6.07) is 10.6. The van der Waals surface area contributed by atoms with Gasteiger partial charge < -0.3 is 0 Å². The van der Waals surface area contributed by atoms with E-state index in [1.807, 2.05) is 19.9 Å². The average Bonchev–Trinajstić information content (AvgIpc) is 2.43. The molecule has 2 rings (SSSR count). The van der Waals surface area contributed by atoms with Gasteiger partial charge in [0.1, 0.15) is 12.1 Å². The Balaban J connectivity index is 2.29. The smallest absolute Gasteiger partial charge is 0.142 e. The Morgan fingerprint density at radius 2 is 1.75 bits per heavy atom. The molecule has 0 N–H and O–H groups in total. The molecule has 0 unspecified atom stereocenters. The molecule has 20 heavy (non-hydrogen) atoms. The van der Waals surface area contributed by atoms with Crippen LogP contribution in [0.25, 0.3) is 6.08 Å². The number of allylic oxidation sites excluding steroid dienone is 1. The molecule has 0 heterocycles. The molecular weight excluding hydrogens is 271 g/mol. The molecule has 0 bridgehead atoms. The number of benzene rings is 2. The zero-order valence-corrected chi connectivity index (χ0v) is 12.2. The van der Waals surface area contributed by atoms with Crippen LogP contribution in [-0.2, 0) is 4.79 Å². The molecule has 0 amide bonds. The van der Waals surface area contributed by atoms with Gasteiger partial charge in [0.25, 0.3) is 0 Å². The fraction of sp³-hybridized carbons (Fsp3) is 0.118. The Kier molecular flexibility index (Phi) is 4.74. The first-order valence-corrected chi connectivity index (χ1v) is 7.08. The second-order valence-corrected chi connectivity index (χ2v) is 5.64. The highest BCUT2D eigenvalue weighted by molar-refractivity contribution is 7.99. The molecule has 0 radical (unpaired) electrons. The maximum Gasteiger partial charge on any atom is 0.142 e. The molecule has 0 spiro atoms. The van der Waals surface area contributed by atoms with Crippen LogP contribution in [-0.4, -0.2) is 6.29 Å². The van der Waals surface area contributed by atoms with Crippen molar-refractivity contribution in [1.29, 1.82) is 0 Å². The summed E-state index contributed by atoms with van der Waals surface area (Å²) in [6.45, 7) is 4.04. The summed E-state index contributed by atoms with van der Waals surface area (Å²) in [6.07, 6.45) is 4.08. The number of hydrogen-bond acceptors (Lipinski definition) is 2. The van der Waals surface area contributed by atoms with Gasteiger partial charge in [-0.05, 0) is 66.9 Å². The maximum atomic E-state index is 12.9. The summed E-state index contributed by atoms with van der Waals surface area (Å²) in [5, 5.41) is 0. The van der Waals surface area contributed by atoms with E-state index in [2.05, 4.69) is 12.1 Å². The first-order chi connectivity index (χ1) is 9.60. The lowest BCUT2D eigenvalue weighted by atomic mass is 10.1. The van der Waals surface area contributed by atoms with Crippen molar-refractivity contribution in [2.24, 2.45) is 0 Å². The number of hydrogen-bond donors (Lipinski definition) is 0. The van der Waals surface area contributed by atoms with E-state index in [4.69, 9.17) is 0 Å². The van der Waals surface area contributed by atoms with Gasteiger partial charge in [0.15, 0.2) is 0 Å². The number of aryl methyl sites for hydroxylation is 2.